The summed E-state index contributed by atoms with van der Waals surface area (Å²) < 4.78 is 0. The highest BCUT2D eigenvalue weighted by molar-refractivity contribution is 7.01. The lowest BCUT2D eigenvalue weighted by atomic mass is 9.37. The van der Waals surface area contributed by atoms with Crippen molar-refractivity contribution in [3.8, 4) is 22.3 Å². The molecule has 0 bridgehead atoms. The Bertz CT molecular complexity index is 2740. The Kier molecular flexibility index (Phi) is 6.41. The fourth-order valence-electron chi connectivity index (χ4n) is 9.93. The van der Waals surface area contributed by atoms with Crippen LogP contribution in [0.2, 0.25) is 0 Å². The molecule has 0 amide bonds. The normalized spacial score (nSPS) is 13.7. The average molecular weight is 670 g/mol. The van der Waals surface area contributed by atoms with Crippen molar-refractivity contribution in [1.82, 2.24) is 0 Å². The van der Waals surface area contributed by atoms with Gasteiger partial charge in [0.15, 0.2) is 0 Å². The van der Waals surface area contributed by atoms with Gasteiger partial charge in [0.1, 0.15) is 0 Å². The van der Waals surface area contributed by atoms with Crippen molar-refractivity contribution in [2.75, 3.05) is 4.90 Å². The van der Waals surface area contributed by atoms with Gasteiger partial charge in [-0.3, -0.25) is 0 Å². The molecule has 0 fully saturated rings. The number of rotatable bonds is 2. The van der Waals surface area contributed by atoms with Crippen LogP contribution in [0.15, 0.2) is 121 Å². The molecule has 10 rings (SSSR count). The van der Waals surface area contributed by atoms with Crippen LogP contribution < -0.4 is 21.3 Å². The maximum Gasteiger partial charge on any atom is 0.248 e. The number of hydrogen-bond donors (Lipinski definition) is 0. The maximum absolute atomic E-state index is 2.61. The van der Waals surface area contributed by atoms with Crippen LogP contribution in [-0.2, 0) is 10.8 Å². The quantitative estimate of drug-likeness (QED) is 0.131. The molecule has 0 N–H and O–H groups in total. The predicted molar refractivity (Wildman–Crippen MR) is 227 cm³/mol. The third-order valence-corrected chi connectivity index (χ3v) is 12.1. The summed E-state index contributed by atoms with van der Waals surface area (Å²) in [5, 5.41) is 8.14. The van der Waals surface area contributed by atoms with Crippen molar-refractivity contribution in [1.29, 1.82) is 0 Å². The molecule has 252 valence electrons. The van der Waals surface area contributed by atoms with Crippen LogP contribution in [0.4, 0.5) is 17.1 Å². The molecule has 2 heterocycles. The summed E-state index contributed by atoms with van der Waals surface area (Å²) in [5.74, 6) is 0. The Morgan fingerprint density at radius 3 is 1.67 bits per heavy atom. The van der Waals surface area contributed by atoms with Gasteiger partial charge in [-0.25, -0.2) is 0 Å². The van der Waals surface area contributed by atoms with E-state index in [1.807, 2.05) is 0 Å². The maximum atomic E-state index is 2.61. The first-order chi connectivity index (χ1) is 24.9. The number of benzene rings is 8. The molecule has 2 aliphatic rings. The van der Waals surface area contributed by atoms with Crippen LogP contribution in [0.5, 0.6) is 0 Å². The molecule has 1 nitrogen and oxygen atoms in total. The first-order valence-corrected chi connectivity index (χ1v) is 18.9. The highest BCUT2D eigenvalue weighted by atomic mass is 15.2. The highest BCUT2D eigenvalue weighted by Crippen LogP contribution is 2.51. The largest absolute Gasteiger partial charge is 0.311 e. The summed E-state index contributed by atoms with van der Waals surface area (Å²) in [7, 11) is 0. The summed E-state index contributed by atoms with van der Waals surface area (Å²) in [6.45, 7) is 19.0. The van der Waals surface area contributed by atoms with Crippen LogP contribution in [0.1, 0.15) is 63.8 Å². The molecule has 0 saturated heterocycles. The SMILES string of the molecule is Cc1cccc(C)c1-c1cc(N2c3ccccc3B3c4ccccc4-c4cccc2c43)c2ccc3c(C(C)(C)C)cc(C(C)(C)C)c4ccc1c2c43. The van der Waals surface area contributed by atoms with E-state index in [-0.39, 0.29) is 17.5 Å². The van der Waals surface area contributed by atoms with Crippen LogP contribution in [0.25, 0.3) is 54.6 Å². The van der Waals surface area contributed by atoms with Crippen molar-refractivity contribution < 1.29 is 0 Å². The Hall–Kier alpha value is -5.34. The van der Waals surface area contributed by atoms with Gasteiger partial charge in [-0.15, -0.1) is 0 Å². The zero-order valence-electron chi connectivity index (χ0n) is 31.6. The second kappa shape index (κ2) is 10.6. The number of anilines is 3. The third kappa shape index (κ3) is 4.18. The highest BCUT2D eigenvalue weighted by Gasteiger charge is 2.42. The minimum Gasteiger partial charge on any atom is -0.311 e. The lowest BCUT2D eigenvalue weighted by Crippen LogP contribution is -2.54. The molecule has 52 heavy (non-hydrogen) atoms. The molecule has 0 spiro atoms. The van der Waals surface area contributed by atoms with E-state index in [1.54, 1.807) is 0 Å². The fraction of sp³-hybridized carbons (Fsp3) is 0.200. The number of nitrogens with zero attached hydrogens (tertiary/aromatic N) is 1. The minimum atomic E-state index is -0.0129. The number of para-hydroxylation sites is 1. The molecule has 8 aromatic carbocycles. The first kappa shape index (κ1) is 31.4. The van der Waals surface area contributed by atoms with Crippen LogP contribution in [0, 0.1) is 13.8 Å². The smallest absolute Gasteiger partial charge is 0.248 e. The lowest BCUT2D eigenvalue weighted by Gasteiger charge is -2.37. The Morgan fingerprint density at radius 1 is 0.442 bits per heavy atom. The summed E-state index contributed by atoms with van der Waals surface area (Å²) in [6, 6.07) is 46.7. The third-order valence-electron chi connectivity index (χ3n) is 12.1. The van der Waals surface area contributed by atoms with Crippen molar-refractivity contribution in [2.45, 2.75) is 66.2 Å². The standard InChI is InChI=1S/C50H44BN/c1-29-15-13-16-30(2)45(29)37-27-44(36-26-25-35-39(50(6,7)8)28-38(49(3,4)5)34-24-23-32(37)46(36)47(34)35)52-42-21-12-11-20-41(42)51-40-19-10-9-17-31(40)33-18-14-22-43(52)48(33)51/h9-28H,1-8H3. The molecular formula is C50H44BN. The van der Waals surface area contributed by atoms with E-state index in [2.05, 4.69) is 182 Å². The monoisotopic (exact) mass is 669 g/mol. The molecule has 0 atom stereocenters. The van der Waals surface area contributed by atoms with Gasteiger partial charge in [0.25, 0.3) is 0 Å². The van der Waals surface area contributed by atoms with Crippen molar-refractivity contribution in [3.63, 3.8) is 0 Å². The lowest BCUT2D eigenvalue weighted by molar-refractivity contribution is 0.576. The zero-order valence-corrected chi connectivity index (χ0v) is 31.6. The first-order valence-electron chi connectivity index (χ1n) is 18.9. The molecule has 0 saturated carbocycles. The number of aryl methyl sites for hydroxylation is 2. The minimum absolute atomic E-state index is 0.0129. The molecule has 0 aromatic heterocycles. The summed E-state index contributed by atoms with van der Waals surface area (Å²) in [5.41, 5.74) is 18.8. The molecule has 8 aromatic rings. The van der Waals surface area contributed by atoms with Crippen molar-refractivity contribution in [2.24, 2.45) is 0 Å². The molecule has 0 aliphatic carbocycles. The molecule has 2 aliphatic heterocycles. The molecular weight excluding hydrogens is 625 g/mol. The number of hydrogen-bond acceptors (Lipinski definition) is 1. The average Bonchev–Trinajstić information content (AvgIpc) is 3.45. The molecule has 2 heteroatoms. The Balaban J connectivity index is 1.41. The van der Waals surface area contributed by atoms with E-state index < -0.39 is 0 Å². The van der Waals surface area contributed by atoms with Crippen LogP contribution in [-0.4, -0.2) is 6.71 Å². The Labute approximate surface area is 308 Å². The van der Waals surface area contributed by atoms with E-state index in [4.69, 9.17) is 0 Å². The summed E-state index contributed by atoms with van der Waals surface area (Å²) >= 11 is 0. The second-order valence-corrected chi connectivity index (χ2v) is 17.4. The van der Waals surface area contributed by atoms with Crippen LogP contribution in [0.3, 0.4) is 0 Å². The van der Waals surface area contributed by atoms with Gasteiger partial charge < -0.3 is 4.90 Å². The van der Waals surface area contributed by atoms with Gasteiger partial charge in [-0.2, -0.15) is 0 Å². The molecule has 0 radical (unpaired) electrons. The summed E-state index contributed by atoms with van der Waals surface area (Å²) in [6.07, 6.45) is 0. The summed E-state index contributed by atoms with van der Waals surface area (Å²) in [4.78, 5) is 2.61. The van der Waals surface area contributed by atoms with E-state index in [9.17, 15) is 0 Å². The van der Waals surface area contributed by atoms with Gasteiger partial charge in [-0.05, 0) is 120 Å². The van der Waals surface area contributed by atoms with Crippen LogP contribution >= 0.6 is 0 Å². The topological polar surface area (TPSA) is 3.24 Å². The number of fused-ring (bicyclic) bond motifs is 5. The van der Waals surface area contributed by atoms with Gasteiger partial charge in [0.05, 0.1) is 5.69 Å². The Morgan fingerprint density at radius 2 is 0.981 bits per heavy atom. The predicted octanol–water partition coefficient (Wildman–Crippen LogP) is 11.7. The van der Waals surface area contributed by atoms with E-state index >= 15 is 0 Å². The second-order valence-electron chi connectivity index (χ2n) is 17.4. The van der Waals surface area contributed by atoms with E-state index in [1.165, 1.54) is 110 Å². The van der Waals surface area contributed by atoms with Gasteiger partial charge in [0, 0.05) is 22.1 Å². The van der Waals surface area contributed by atoms with Crippen molar-refractivity contribution >= 4 is 72.5 Å². The van der Waals surface area contributed by atoms with Gasteiger partial charge in [-0.1, -0.05) is 150 Å². The van der Waals surface area contributed by atoms with Gasteiger partial charge in [0.2, 0.25) is 6.71 Å². The van der Waals surface area contributed by atoms with Gasteiger partial charge >= 0.3 is 0 Å². The van der Waals surface area contributed by atoms with E-state index in [0.29, 0.717) is 0 Å². The molecule has 0 unspecified atom stereocenters. The fourth-order valence-corrected chi connectivity index (χ4v) is 9.93. The van der Waals surface area contributed by atoms with Crippen molar-refractivity contribution in [3.05, 3.63) is 144 Å². The van der Waals surface area contributed by atoms with E-state index in [0.717, 1.165) is 0 Å². The zero-order chi connectivity index (χ0) is 35.8.